The molecule has 1 aromatic rings. The molecule has 0 bridgehead atoms. The van der Waals surface area contributed by atoms with Crippen LogP contribution in [0, 0.1) is 0 Å². The first-order valence-corrected chi connectivity index (χ1v) is 6.25. The van der Waals surface area contributed by atoms with Crippen LogP contribution in [0.2, 0.25) is 0 Å². The molecule has 100 valence electrons. The smallest absolute Gasteiger partial charge is 0.251 e. The van der Waals surface area contributed by atoms with E-state index in [4.69, 9.17) is 9.47 Å². The van der Waals surface area contributed by atoms with Gasteiger partial charge in [-0.3, -0.25) is 4.79 Å². The molecule has 1 N–H and O–H groups in total. The Balaban J connectivity index is 2.29. The summed E-state index contributed by atoms with van der Waals surface area (Å²) < 4.78 is 10.6. The maximum atomic E-state index is 12.0. The van der Waals surface area contributed by atoms with Gasteiger partial charge in [-0.2, -0.15) is 0 Å². The van der Waals surface area contributed by atoms with Crippen molar-refractivity contribution in [3.8, 4) is 11.5 Å². The number of benzene rings is 1. The minimum atomic E-state index is -0.0997. The molecule has 0 radical (unpaired) electrons. The molecule has 1 heterocycles. The van der Waals surface area contributed by atoms with Gasteiger partial charge in [0.05, 0.1) is 13.4 Å². The lowest BCUT2D eigenvalue weighted by molar-refractivity contribution is -0.117. The first kappa shape index (κ1) is 13.2. The van der Waals surface area contributed by atoms with E-state index >= 15 is 0 Å². The molecule has 0 aliphatic carbocycles. The summed E-state index contributed by atoms with van der Waals surface area (Å²) in [5.74, 6) is 1.33. The van der Waals surface area contributed by atoms with Crippen molar-refractivity contribution in [2.75, 3.05) is 13.7 Å². The predicted octanol–water partition coefficient (Wildman–Crippen LogP) is 2.51. The lowest BCUT2D eigenvalue weighted by Crippen LogP contribution is -2.24. The van der Waals surface area contributed by atoms with Gasteiger partial charge in [0.1, 0.15) is 11.5 Å². The van der Waals surface area contributed by atoms with Crippen LogP contribution in [0.15, 0.2) is 36.1 Å². The number of nitrogens with one attached hydrogen (secondary N) is 1. The van der Waals surface area contributed by atoms with E-state index in [-0.39, 0.29) is 5.91 Å². The highest BCUT2D eigenvalue weighted by molar-refractivity contribution is 6.01. The number of amides is 1. The van der Waals surface area contributed by atoms with Gasteiger partial charge in [0.25, 0.3) is 5.91 Å². The summed E-state index contributed by atoms with van der Waals surface area (Å²) in [6.45, 7) is 2.68. The van der Waals surface area contributed by atoms with Crippen molar-refractivity contribution in [2.45, 2.75) is 13.3 Å². The van der Waals surface area contributed by atoms with Gasteiger partial charge in [-0.05, 0) is 36.8 Å². The number of methoxy groups -OCH3 is 1. The van der Waals surface area contributed by atoms with Crippen LogP contribution >= 0.6 is 0 Å². The van der Waals surface area contributed by atoms with E-state index in [1.54, 1.807) is 19.3 Å². The van der Waals surface area contributed by atoms with E-state index in [1.165, 1.54) is 6.26 Å². The monoisotopic (exact) mass is 259 g/mol. The van der Waals surface area contributed by atoms with Crippen molar-refractivity contribution in [3.63, 3.8) is 0 Å². The molecule has 19 heavy (non-hydrogen) atoms. The van der Waals surface area contributed by atoms with E-state index in [0.29, 0.717) is 17.9 Å². The Labute approximate surface area is 112 Å². The van der Waals surface area contributed by atoms with Crippen molar-refractivity contribution in [2.24, 2.45) is 0 Å². The van der Waals surface area contributed by atoms with Gasteiger partial charge >= 0.3 is 0 Å². The van der Waals surface area contributed by atoms with Crippen molar-refractivity contribution < 1.29 is 14.3 Å². The molecule has 0 unspecified atom stereocenters. The highest BCUT2D eigenvalue weighted by Crippen LogP contribution is 2.28. The van der Waals surface area contributed by atoms with Gasteiger partial charge in [-0.15, -0.1) is 0 Å². The number of carbonyl (C=O) groups excluding carboxylic acids is 1. The van der Waals surface area contributed by atoms with Gasteiger partial charge in [0, 0.05) is 17.7 Å². The lowest BCUT2D eigenvalue weighted by atomic mass is 10.1. The van der Waals surface area contributed by atoms with Crippen molar-refractivity contribution in [1.29, 1.82) is 0 Å². The largest absolute Gasteiger partial charge is 0.497 e. The normalized spacial score (nSPS) is 12.8. The average molecular weight is 259 g/mol. The summed E-state index contributed by atoms with van der Waals surface area (Å²) in [5, 5.41) is 2.84. The Hall–Kier alpha value is -2.23. The fraction of sp³-hybridized carbons (Fsp3) is 0.267. The van der Waals surface area contributed by atoms with E-state index < -0.39 is 0 Å². The van der Waals surface area contributed by atoms with Crippen molar-refractivity contribution >= 4 is 12.0 Å². The fourth-order valence-electron chi connectivity index (χ4n) is 1.75. The van der Waals surface area contributed by atoms with Crippen LogP contribution in [-0.4, -0.2) is 19.6 Å². The molecule has 4 nitrogen and oxygen atoms in total. The summed E-state index contributed by atoms with van der Waals surface area (Å²) in [7, 11) is 1.61. The number of hydrogen-bond donors (Lipinski definition) is 1. The standard InChI is InChI=1S/C15H17NO3/c1-3-7-16-15(17)11-6-8-19-14-5-4-13(18-2)10-12(14)9-11/h4-6,8-10H,3,7H2,1-2H3,(H,16,17). The second kappa shape index (κ2) is 6.09. The van der Waals surface area contributed by atoms with Crippen LogP contribution in [0.25, 0.3) is 6.08 Å². The molecular weight excluding hydrogens is 242 g/mol. The zero-order valence-corrected chi connectivity index (χ0v) is 11.1. The Morgan fingerprint density at radius 3 is 3.00 bits per heavy atom. The third kappa shape index (κ3) is 3.16. The maximum Gasteiger partial charge on any atom is 0.251 e. The Morgan fingerprint density at radius 2 is 2.26 bits per heavy atom. The molecule has 1 aromatic carbocycles. The number of ether oxygens (including phenoxy) is 2. The first-order chi connectivity index (χ1) is 9.24. The highest BCUT2D eigenvalue weighted by Gasteiger charge is 2.12. The number of rotatable bonds is 4. The summed E-state index contributed by atoms with van der Waals surface area (Å²) >= 11 is 0. The number of carbonyl (C=O) groups is 1. The SMILES string of the molecule is CCCNC(=O)C1=Cc2cc(OC)ccc2OC=C1. The molecule has 0 fully saturated rings. The topological polar surface area (TPSA) is 47.6 Å². The maximum absolute atomic E-state index is 12.0. The third-order valence-electron chi connectivity index (χ3n) is 2.77. The van der Waals surface area contributed by atoms with Crippen LogP contribution < -0.4 is 14.8 Å². The first-order valence-electron chi connectivity index (χ1n) is 6.25. The molecule has 0 atom stereocenters. The van der Waals surface area contributed by atoms with Crippen LogP contribution in [0.5, 0.6) is 11.5 Å². The third-order valence-corrected chi connectivity index (χ3v) is 2.77. The molecule has 1 amide bonds. The summed E-state index contributed by atoms with van der Waals surface area (Å²) in [4.78, 5) is 12.0. The molecule has 4 heteroatoms. The van der Waals surface area contributed by atoms with Gasteiger partial charge in [-0.25, -0.2) is 0 Å². The Bertz CT molecular complexity index is 532. The minimum Gasteiger partial charge on any atom is -0.497 e. The fourth-order valence-corrected chi connectivity index (χ4v) is 1.75. The van der Waals surface area contributed by atoms with Crippen LogP contribution in [0.1, 0.15) is 18.9 Å². The second-order valence-corrected chi connectivity index (χ2v) is 4.18. The number of fused-ring (bicyclic) bond motifs is 1. The van der Waals surface area contributed by atoms with Gasteiger partial charge in [0.15, 0.2) is 0 Å². The number of hydrogen-bond acceptors (Lipinski definition) is 3. The molecule has 0 spiro atoms. The van der Waals surface area contributed by atoms with Crippen molar-refractivity contribution in [1.82, 2.24) is 5.32 Å². The van der Waals surface area contributed by atoms with E-state index in [0.717, 1.165) is 17.7 Å². The molecule has 0 aromatic heterocycles. The average Bonchev–Trinajstić information content (AvgIpc) is 2.65. The van der Waals surface area contributed by atoms with Gasteiger partial charge in [-0.1, -0.05) is 6.92 Å². The van der Waals surface area contributed by atoms with Crippen LogP contribution in [-0.2, 0) is 4.79 Å². The predicted molar refractivity (Wildman–Crippen MR) is 74.0 cm³/mol. The quantitative estimate of drug-likeness (QED) is 0.903. The zero-order valence-electron chi connectivity index (χ0n) is 11.1. The van der Waals surface area contributed by atoms with E-state index in [9.17, 15) is 4.79 Å². The second-order valence-electron chi connectivity index (χ2n) is 4.18. The molecule has 2 rings (SSSR count). The molecular formula is C15H17NO3. The summed E-state index contributed by atoms with van der Waals surface area (Å²) in [5.41, 5.74) is 1.39. The Kier molecular flexibility index (Phi) is 4.23. The highest BCUT2D eigenvalue weighted by atomic mass is 16.5. The Morgan fingerprint density at radius 1 is 1.42 bits per heavy atom. The van der Waals surface area contributed by atoms with Crippen LogP contribution in [0.4, 0.5) is 0 Å². The molecule has 0 saturated heterocycles. The van der Waals surface area contributed by atoms with Crippen LogP contribution in [0.3, 0.4) is 0 Å². The molecule has 1 aliphatic heterocycles. The molecule has 0 saturated carbocycles. The van der Waals surface area contributed by atoms with Gasteiger partial charge in [0.2, 0.25) is 0 Å². The molecule has 1 aliphatic rings. The minimum absolute atomic E-state index is 0.0997. The summed E-state index contributed by atoms with van der Waals surface area (Å²) in [6.07, 6.45) is 5.89. The zero-order chi connectivity index (χ0) is 13.7. The van der Waals surface area contributed by atoms with E-state index in [2.05, 4.69) is 5.32 Å². The van der Waals surface area contributed by atoms with Gasteiger partial charge < -0.3 is 14.8 Å². The lowest BCUT2D eigenvalue weighted by Gasteiger charge is -2.06. The van der Waals surface area contributed by atoms with Crippen molar-refractivity contribution in [3.05, 3.63) is 41.7 Å². The summed E-state index contributed by atoms with van der Waals surface area (Å²) in [6, 6.07) is 5.49. The van der Waals surface area contributed by atoms with E-state index in [1.807, 2.05) is 25.1 Å².